The summed E-state index contributed by atoms with van der Waals surface area (Å²) in [5.41, 5.74) is 4.51. The SMILES string of the molecule is Cc1ccc(-c2cc(C(=O)N3CCC(NC(=O)NC4CCCCC4)CC3)c3ccccc3n2)cc1. The van der Waals surface area contributed by atoms with Crippen LogP contribution in [-0.4, -0.2) is 47.0 Å². The van der Waals surface area contributed by atoms with E-state index < -0.39 is 0 Å². The van der Waals surface area contributed by atoms with Crippen molar-refractivity contribution in [1.29, 1.82) is 0 Å². The zero-order valence-corrected chi connectivity index (χ0v) is 20.4. The third kappa shape index (κ3) is 5.47. The van der Waals surface area contributed by atoms with Crippen molar-refractivity contribution >= 4 is 22.8 Å². The molecule has 0 bridgehead atoms. The van der Waals surface area contributed by atoms with Gasteiger partial charge >= 0.3 is 6.03 Å². The average Bonchev–Trinajstić information content (AvgIpc) is 2.89. The van der Waals surface area contributed by atoms with Gasteiger partial charge in [0, 0.05) is 36.1 Å². The summed E-state index contributed by atoms with van der Waals surface area (Å²) >= 11 is 0. The number of para-hydroxylation sites is 1. The Labute approximate surface area is 207 Å². The maximum absolute atomic E-state index is 13.6. The number of nitrogens with zero attached hydrogens (tertiary/aromatic N) is 2. The van der Waals surface area contributed by atoms with Gasteiger partial charge in [-0.05, 0) is 44.7 Å². The summed E-state index contributed by atoms with van der Waals surface area (Å²) in [6, 6.07) is 18.3. The van der Waals surface area contributed by atoms with Gasteiger partial charge in [-0.25, -0.2) is 9.78 Å². The molecule has 0 atom stereocenters. The van der Waals surface area contributed by atoms with E-state index in [1.807, 2.05) is 35.2 Å². The third-order valence-electron chi connectivity index (χ3n) is 7.35. The molecule has 1 saturated heterocycles. The van der Waals surface area contributed by atoms with Crippen molar-refractivity contribution in [2.75, 3.05) is 13.1 Å². The number of aromatic nitrogens is 1. The molecule has 0 spiro atoms. The molecule has 35 heavy (non-hydrogen) atoms. The second-order valence-corrected chi connectivity index (χ2v) is 9.96. The van der Waals surface area contributed by atoms with Crippen LogP contribution in [0.15, 0.2) is 54.6 Å². The van der Waals surface area contributed by atoms with Crippen molar-refractivity contribution < 1.29 is 9.59 Å². The van der Waals surface area contributed by atoms with E-state index in [4.69, 9.17) is 4.98 Å². The Balaban J connectivity index is 1.27. The van der Waals surface area contributed by atoms with Gasteiger partial charge in [0.05, 0.1) is 16.8 Å². The molecule has 1 aromatic heterocycles. The van der Waals surface area contributed by atoms with Gasteiger partial charge in [-0.2, -0.15) is 0 Å². The molecule has 1 aliphatic carbocycles. The number of piperidine rings is 1. The number of aryl methyl sites for hydroxylation is 1. The first kappa shape index (κ1) is 23.3. The molecule has 5 rings (SSSR count). The van der Waals surface area contributed by atoms with Gasteiger partial charge in [-0.3, -0.25) is 4.79 Å². The Morgan fingerprint density at radius 2 is 1.51 bits per heavy atom. The zero-order valence-electron chi connectivity index (χ0n) is 20.4. The largest absolute Gasteiger partial charge is 0.338 e. The van der Waals surface area contributed by atoms with Crippen molar-refractivity contribution in [2.24, 2.45) is 0 Å². The normalized spacial score (nSPS) is 17.3. The fraction of sp³-hybridized carbons (Fsp3) is 0.414. The second-order valence-electron chi connectivity index (χ2n) is 9.96. The number of amides is 3. The molecule has 0 unspecified atom stereocenters. The summed E-state index contributed by atoms with van der Waals surface area (Å²) in [6.45, 7) is 3.32. The summed E-state index contributed by atoms with van der Waals surface area (Å²) in [4.78, 5) is 32.8. The molecule has 6 heteroatoms. The number of carbonyl (C=O) groups is 2. The van der Waals surface area contributed by atoms with E-state index in [1.54, 1.807) is 0 Å². The number of carbonyl (C=O) groups excluding carboxylic acids is 2. The number of fused-ring (bicyclic) bond motifs is 1. The molecular weight excluding hydrogens is 436 g/mol. The molecule has 2 aliphatic rings. The second kappa shape index (κ2) is 10.5. The fourth-order valence-electron chi connectivity index (χ4n) is 5.28. The first-order chi connectivity index (χ1) is 17.1. The van der Waals surface area contributed by atoms with Crippen LogP contribution in [0.3, 0.4) is 0 Å². The molecule has 2 fully saturated rings. The van der Waals surface area contributed by atoms with Crippen molar-refractivity contribution in [2.45, 2.75) is 64.0 Å². The average molecular weight is 471 g/mol. The highest BCUT2D eigenvalue weighted by Crippen LogP contribution is 2.27. The van der Waals surface area contributed by atoms with Gasteiger partial charge in [0.1, 0.15) is 0 Å². The monoisotopic (exact) mass is 470 g/mol. The number of hydrogen-bond acceptors (Lipinski definition) is 3. The van der Waals surface area contributed by atoms with E-state index >= 15 is 0 Å². The van der Waals surface area contributed by atoms with Crippen molar-refractivity contribution in [3.05, 3.63) is 65.7 Å². The number of benzene rings is 2. The van der Waals surface area contributed by atoms with Crippen LogP contribution in [0, 0.1) is 6.92 Å². The highest BCUT2D eigenvalue weighted by atomic mass is 16.2. The summed E-state index contributed by atoms with van der Waals surface area (Å²) in [5.74, 6) is 0.0297. The number of likely N-dealkylation sites (tertiary alicyclic amines) is 1. The van der Waals surface area contributed by atoms with Gasteiger partial charge in [0.2, 0.25) is 0 Å². The topological polar surface area (TPSA) is 74.3 Å². The van der Waals surface area contributed by atoms with Gasteiger partial charge in [-0.15, -0.1) is 0 Å². The number of hydrogen-bond donors (Lipinski definition) is 2. The van der Waals surface area contributed by atoms with Gasteiger partial charge in [0.25, 0.3) is 5.91 Å². The summed E-state index contributed by atoms with van der Waals surface area (Å²) in [5, 5.41) is 7.14. The molecule has 0 radical (unpaired) electrons. The molecule has 2 N–H and O–H groups in total. The fourth-order valence-corrected chi connectivity index (χ4v) is 5.28. The minimum atomic E-state index is -0.0652. The van der Waals surface area contributed by atoms with E-state index in [9.17, 15) is 9.59 Å². The minimum absolute atomic E-state index is 0.0297. The van der Waals surface area contributed by atoms with E-state index in [2.05, 4.69) is 41.8 Å². The highest BCUT2D eigenvalue weighted by Gasteiger charge is 2.27. The lowest BCUT2D eigenvalue weighted by Crippen LogP contribution is -2.51. The van der Waals surface area contributed by atoms with E-state index in [0.29, 0.717) is 24.7 Å². The lowest BCUT2D eigenvalue weighted by Gasteiger charge is -2.33. The molecule has 1 saturated carbocycles. The van der Waals surface area contributed by atoms with E-state index in [0.717, 1.165) is 47.8 Å². The third-order valence-corrected chi connectivity index (χ3v) is 7.35. The Morgan fingerprint density at radius 1 is 0.857 bits per heavy atom. The van der Waals surface area contributed by atoms with Crippen LogP contribution in [0.25, 0.3) is 22.2 Å². The molecule has 182 valence electrons. The quantitative estimate of drug-likeness (QED) is 0.533. The van der Waals surface area contributed by atoms with Crippen molar-refractivity contribution in [3.63, 3.8) is 0 Å². The first-order valence-electron chi connectivity index (χ1n) is 12.9. The predicted octanol–water partition coefficient (Wildman–Crippen LogP) is 5.45. The Morgan fingerprint density at radius 3 is 2.23 bits per heavy atom. The lowest BCUT2D eigenvalue weighted by atomic mass is 9.96. The van der Waals surface area contributed by atoms with Crippen LogP contribution in [0.2, 0.25) is 0 Å². The first-order valence-corrected chi connectivity index (χ1v) is 12.9. The molecule has 3 aromatic rings. The zero-order chi connectivity index (χ0) is 24.2. The number of nitrogens with one attached hydrogen (secondary N) is 2. The lowest BCUT2D eigenvalue weighted by molar-refractivity contribution is 0.0710. The van der Waals surface area contributed by atoms with Gasteiger partial charge in [0.15, 0.2) is 0 Å². The van der Waals surface area contributed by atoms with Gasteiger partial charge in [-0.1, -0.05) is 67.3 Å². The Hall–Kier alpha value is -3.41. The smallest absolute Gasteiger partial charge is 0.315 e. The van der Waals surface area contributed by atoms with Gasteiger partial charge < -0.3 is 15.5 Å². The van der Waals surface area contributed by atoms with Crippen molar-refractivity contribution in [3.8, 4) is 11.3 Å². The summed E-state index contributed by atoms with van der Waals surface area (Å²) in [6.07, 6.45) is 7.33. The number of rotatable bonds is 4. The van der Waals surface area contributed by atoms with E-state index in [1.165, 1.54) is 24.8 Å². The molecular formula is C29H34N4O2. The summed E-state index contributed by atoms with van der Waals surface area (Å²) in [7, 11) is 0. The standard InChI is InChI=1S/C29H34N4O2/c1-20-11-13-21(14-12-20)27-19-25(24-9-5-6-10-26(24)32-27)28(34)33-17-15-23(16-18-33)31-29(35)30-22-7-3-2-4-8-22/h5-6,9-14,19,22-23H,2-4,7-8,15-18H2,1H3,(H2,30,31,35). The number of pyridine rings is 1. The van der Waals surface area contributed by atoms with Crippen LogP contribution in [-0.2, 0) is 0 Å². The molecule has 1 aliphatic heterocycles. The number of urea groups is 1. The van der Waals surface area contributed by atoms with Crippen LogP contribution in [0.5, 0.6) is 0 Å². The highest BCUT2D eigenvalue weighted by molar-refractivity contribution is 6.07. The Bertz CT molecular complexity index is 1190. The maximum Gasteiger partial charge on any atom is 0.315 e. The minimum Gasteiger partial charge on any atom is -0.338 e. The molecule has 2 aromatic carbocycles. The van der Waals surface area contributed by atoms with Crippen LogP contribution in [0.4, 0.5) is 4.79 Å². The van der Waals surface area contributed by atoms with Crippen molar-refractivity contribution in [1.82, 2.24) is 20.5 Å². The van der Waals surface area contributed by atoms with Crippen LogP contribution < -0.4 is 10.6 Å². The Kier molecular flexibility index (Phi) is 6.98. The molecule has 2 heterocycles. The maximum atomic E-state index is 13.6. The predicted molar refractivity (Wildman–Crippen MR) is 139 cm³/mol. The summed E-state index contributed by atoms with van der Waals surface area (Å²) < 4.78 is 0. The van der Waals surface area contributed by atoms with Crippen LogP contribution >= 0.6 is 0 Å². The van der Waals surface area contributed by atoms with E-state index in [-0.39, 0.29) is 18.0 Å². The molecule has 3 amide bonds. The van der Waals surface area contributed by atoms with Crippen LogP contribution in [0.1, 0.15) is 60.9 Å². The molecule has 6 nitrogen and oxygen atoms in total.